The van der Waals surface area contributed by atoms with Crippen LogP contribution in [0.15, 0.2) is 0 Å². The van der Waals surface area contributed by atoms with E-state index in [-0.39, 0.29) is 0 Å². The maximum atomic E-state index is 2.73. The molecule has 2 nitrogen and oxygen atoms in total. The molecule has 26 heavy (non-hydrogen) atoms. The van der Waals surface area contributed by atoms with Crippen molar-refractivity contribution >= 4 is 0 Å². The summed E-state index contributed by atoms with van der Waals surface area (Å²) >= 11 is 0. The van der Waals surface area contributed by atoms with Crippen molar-refractivity contribution in [3.63, 3.8) is 0 Å². The van der Waals surface area contributed by atoms with Gasteiger partial charge in [-0.25, -0.2) is 0 Å². The fourth-order valence-corrected chi connectivity index (χ4v) is 9.51. The summed E-state index contributed by atoms with van der Waals surface area (Å²) in [7, 11) is 7.02. The second-order valence-electron chi connectivity index (χ2n) is 11.7. The van der Waals surface area contributed by atoms with E-state index in [0.717, 1.165) is 41.7 Å². The van der Waals surface area contributed by atoms with Crippen LogP contribution in [0.5, 0.6) is 0 Å². The first kappa shape index (κ1) is 18.0. The largest absolute Gasteiger partial charge is 0.306 e. The lowest BCUT2D eigenvalue weighted by atomic mass is 9.44. The molecule has 0 amide bonds. The van der Waals surface area contributed by atoms with Crippen LogP contribution < -0.4 is 0 Å². The summed E-state index contributed by atoms with van der Waals surface area (Å²) in [6.45, 7) is 6.67. The smallest absolute Gasteiger partial charge is 0.00982 e. The van der Waals surface area contributed by atoms with Crippen molar-refractivity contribution in [2.75, 3.05) is 27.7 Å². The van der Waals surface area contributed by atoms with Crippen LogP contribution in [0.25, 0.3) is 0 Å². The Hall–Kier alpha value is -0.0800. The number of rotatable bonds is 1. The number of hydrogen-bond acceptors (Lipinski definition) is 2. The van der Waals surface area contributed by atoms with Crippen molar-refractivity contribution in [3.05, 3.63) is 0 Å². The highest BCUT2D eigenvalue weighted by atomic mass is 15.2. The molecule has 0 bridgehead atoms. The van der Waals surface area contributed by atoms with E-state index in [9.17, 15) is 0 Å². The van der Waals surface area contributed by atoms with E-state index in [4.69, 9.17) is 0 Å². The van der Waals surface area contributed by atoms with E-state index < -0.39 is 0 Å². The molecule has 4 aliphatic carbocycles. The second-order valence-corrected chi connectivity index (χ2v) is 11.7. The third kappa shape index (κ3) is 2.24. The molecule has 2 heteroatoms. The summed E-state index contributed by atoms with van der Waals surface area (Å²) in [5.41, 5.74) is 1.37. The van der Waals surface area contributed by atoms with Gasteiger partial charge >= 0.3 is 0 Å². The van der Waals surface area contributed by atoms with Crippen LogP contribution >= 0.6 is 0 Å². The van der Waals surface area contributed by atoms with Crippen molar-refractivity contribution in [1.29, 1.82) is 0 Å². The minimum atomic E-state index is 0.658. The SMILES string of the molecule is CC1C2CCC3C4CCC5CC(N(C)C)CCC5(C)C4CCC32CN1C. The van der Waals surface area contributed by atoms with Crippen LogP contribution in [-0.2, 0) is 0 Å². The van der Waals surface area contributed by atoms with E-state index >= 15 is 0 Å². The van der Waals surface area contributed by atoms with Crippen molar-refractivity contribution in [3.8, 4) is 0 Å². The molecule has 148 valence electrons. The molecule has 0 radical (unpaired) electrons. The van der Waals surface area contributed by atoms with E-state index in [1.165, 1.54) is 38.6 Å². The lowest BCUT2D eigenvalue weighted by Gasteiger charge is -2.61. The van der Waals surface area contributed by atoms with E-state index in [2.05, 4.69) is 44.8 Å². The number of likely N-dealkylation sites (tertiary alicyclic amines) is 1. The third-order valence-electron chi connectivity index (χ3n) is 11.0. The molecule has 1 aliphatic heterocycles. The van der Waals surface area contributed by atoms with E-state index in [0.29, 0.717) is 10.8 Å². The normalized spacial score (nSPS) is 56.8. The molecule has 9 unspecified atom stereocenters. The van der Waals surface area contributed by atoms with Crippen LogP contribution in [0.4, 0.5) is 0 Å². The second kappa shape index (κ2) is 5.96. The van der Waals surface area contributed by atoms with Gasteiger partial charge in [-0.15, -0.1) is 0 Å². The van der Waals surface area contributed by atoms with Gasteiger partial charge in [0.1, 0.15) is 0 Å². The fraction of sp³-hybridized carbons (Fsp3) is 1.00. The molecule has 5 fully saturated rings. The zero-order chi connectivity index (χ0) is 18.3. The van der Waals surface area contributed by atoms with Gasteiger partial charge in [-0.1, -0.05) is 6.92 Å². The average Bonchev–Trinajstić information content (AvgIpc) is 3.08. The first-order valence-electron chi connectivity index (χ1n) is 11.7. The lowest BCUT2D eigenvalue weighted by molar-refractivity contribution is -0.118. The van der Waals surface area contributed by atoms with Gasteiger partial charge < -0.3 is 9.80 Å². The van der Waals surface area contributed by atoms with Gasteiger partial charge in [-0.2, -0.15) is 0 Å². The van der Waals surface area contributed by atoms with E-state index in [1.54, 1.807) is 25.7 Å². The predicted molar refractivity (Wildman–Crippen MR) is 109 cm³/mol. The molecule has 0 aromatic heterocycles. The quantitative estimate of drug-likeness (QED) is 0.658. The van der Waals surface area contributed by atoms with Crippen molar-refractivity contribution in [2.45, 2.75) is 83.7 Å². The molecule has 1 spiro atoms. The molecular formula is C24H42N2. The summed E-state index contributed by atoms with van der Waals surface area (Å²) in [6, 6.07) is 1.68. The zero-order valence-corrected chi connectivity index (χ0v) is 18.0. The van der Waals surface area contributed by atoms with E-state index in [1.807, 2.05) is 0 Å². The number of nitrogens with zero attached hydrogens (tertiary/aromatic N) is 2. The Balaban J connectivity index is 1.41. The molecule has 0 aromatic carbocycles. The number of hydrogen-bond donors (Lipinski definition) is 0. The average molecular weight is 359 g/mol. The molecule has 5 aliphatic rings. The zero-order valence-electron chi connectivity index (χ0n) is 18.0. The number of fused-ring (bicyclic) bond motifs is 4. The third-order valence-corrected chi connectivity index (χ3v) is 11.0. The Morgan fingerprint density at radius 1 is 0.885 bits per heavy atom. The Morgan fingerprint density at radius 2 is 1.65 bits per heavy atom. The van der Waals surface area contributed by atoms with Crippen LogP contribution in [-0.4, -0.2) is 49.6 Å². The summed E-state index contributed by atoms with van der Waals surface area (Å²) in [6.07, 6.45) is 13.7. The summed E-state index contributed by atoms with van der Waals surface area (Å²) in [4.78, 5) is 5.23. The molecule has 9 atom stereocenters. The summed E-state index contributed by atoms with van der Waals surface area (Å²) in [5.74, 6) is 5.17. The molecule has 0 aromatic rings. The van der Waals surface area contributed by atoms with Gasteiger partial charge in [-0.3, -0.25) is 0 Å². The highest BCUT2D eigenvalue weighted by Gasteiger charge is 2.64. The monoisotopic (exact) mass is 358 g/mol. The van der Waals surface area contributed by atoms with Gasteiger partial charge in [0.15, 0.2) is 0 Å². The van der Waals surface area contributed by atoms with Crippen LogP contribution in [0.3, 0.4) is 0 Å². The van der Waals surface area contributed by atoms with Crippen LogP contribution in [0.1, 0.15) is 71.6 Å². The van der Waals surface area contributed by atoms with Gasteiger partial charge in [0.05, 0.1) is 0 Å². The maximum Gasteiger partial charge on any atom is 0.00982 e. The van der Waals surface area contributed by atoms with Crippen molar-refractivity contribution in [1.82, 2.24) is 9.80 Å². The van der Waals surface area contributed by atoms with Gasteiger partial charge in [0.2, 0.25) is 0 Å². The first-order valence-corrected chi connectivity index (χ1v) is 11.7. The van der Waals surface area contributed by atoms with Gasteiger partial charge in [0, 0.05) is 18.6 Å². The van der Waals surface area contributed by atoms with Crippen LogP contribution in [0.2, 0.25) is 0 Å². The topological polar surface area (TPSA) is 6.48 Å². The van der Waals surface area contributed by atoms with Crippen molar-refractivity contribution < 1.29 is 0 Å². The van der Waals surface area contributed by atoms with Crippen molar-refractivity contribution in [2.24, 2.45) is 40.4 Å². The molecule has 5 rings (SSSR count). The molecular weight excluding hydrogens is 316 g/mol. The Kier molecular flexibility index (Phi) is 4.12. The predicted octanol–water partition coefficient (Wildman–Crippen LogP) is 4.89. The lowest BCUT2D eigenvalue weighted by Crippen LogP contribution is -2.55. The minimum Gasteiger partial charge on any atom is -0.306 e. The Bertz CT molecular complexity index is 558. The Labute approximate surface area is 162 Å². The first-order chi connectivity index (χ1) is 12.4. The standard InChI is InChI=1S/C24H42N2/c1-16-20-8-9-22-19-7-6-17-14-18(25(3)4)10-12-23(17,2)21(19)11-13-24(20,22)15-26(16)5/h16-22H,6-15H2,1-5H3. The van der Waals surface area contributed by atoms with Gasteiger partial charge in [-0.05, 0) is 126 Å². The highest BCUT2D eigenvalue weighted by Crippen LogP contribution is 2.69. The summed E-state index contributed by atoms with van der Waals surface area (Å²) < 4.78 is 0. The highest BCUT2D eigenvalue weighted by molar-refractivity contribution is 5.15. The molecule has 1 saturated heterocycles. The Morgan fingerprint density at radius 3 is 2.42 bits per heavy atom. The fourth-order valence-electron chi connectivity index (χ4n) is 9.51. The molecule has 0 N–H and O–H groups in total. The summed E-state index contributed by atoms with van der Waals surface area (Å²) in [5, 5.41) is 0. The maximum absolute atomic E-state index is 2.73. The molecule has 1 heterocycles. The van der Waals surface area contributed by atoms with Crippen LogP contribution in [0, 0.1) is 40.4 Å². The molecule has 4 saturated carbocycles. The minimum absolute atomic E-state index is 0.658. The van der Waals surface area contributed by atoms with Gasteiger partial charge in [0.25, 0.3) is 0 Å².